The summed E-state index contributed by atoms with van der Waals surface area (Å²) < 4.78 is 12.0. The normalized spacial score (nSPS) is 15.8. The number of amides is 1. The van der Waals surface area contributed by atoms with Crippen LogP contribution in [0, 0.1) is 0 Å². The van der Waals surface area contributed by atoms with Crippen LogP contribution in [0.3, 0.4) is 0 Å². The maximum Gasteiger partial charge on any atom is 0.260 e. The third-order valence-electron chi connectivity index (χ3n) is 6.62. The molecule has 1 fully saturated rings. The number of fused-ring (bicyclic) bond motifs is 1. The molecular weight excluding hydrogens is 504 g/mol. The standard InChI is InChI=1S/C33H32N2O3S/c1-4-8-27-18-24(20-30-32(36)35-33(39-30)34-28-15-12-22(5-2)13-16-28)19-29(37-3)31(27)38-21-23-11-14-25-9-6-7-10-26(25)17-23/h4,6-7,9-20,33-34H,1,5,8,21H2,2-3H3,(H,35,36)/b30-20-/t33-/m1/s1. The minimum absolute atomic E-state index is 0.108. The van der Waals surface area contributed by atoms with Gasteiger partial charge in [-0.2, -0.15) is 0 Å². The molecule has 4 aromatic carbocycles. The molecule has 0 aromatic heterocycles. The molecule has 6 heteroatoms. The molecule has 2 N–H and O–H groups in total. The second kappa shape index (κ2) is 12.1. The third kappa shape index (κ3) is 6.29. The lowest BCUT2D eigenvalue weighted by Gasteiger charge is -2.16. The van der Waals surface area contributed by atoms with Crippen LogP contribution in [0.5, 0.6) is 11.5 Å². The highest BCUT2D eigenvalue weighted by molar-refractivity contribution is 8.05. The van der Waals surface area contributed by atoms with E-state index in [0.29, 0.717) is 29.4 Å². The number of ether oxygens (including phenoxy) is 2. The Morgan fingerprint density at radius 3 is 2.51 bits per heavy atom. The van der Waals surface area contributed by atoms with E-state index in [0.717, 1.165) is 28.8 Å². The van der Waals surface area contributed by atoms with Crippen molar-refractivity contribution in [2.45, 2.75) is 31.9 Å². The number of allylic oxidation sites excluding steroid dienone is 1. The second-order valence-corrected chi connectivity index (χ2v) is 10.5. The van der Waals surface area contributed by atoms with Crippen LogP contribution in [0.15, 0.2) is 96.4 Å². The topological polar surface area (TPSA) is 59.6 Å². The number of anilines is 1. The number of methoxy groups -OCH3 is 1. The van der Waals surface area contributed by atoms with Gasteiger partial charge in [0.2, 0.25) is 0 Å². The van der Waals surface area contributed by atoms with Gasteiger partial charge in [0, 0.05) is 11.3 Å². The average molecular weight is 537 g/mol. The van der Waals surface area contributed by atoms with Crippen molar-refractivity contribution in [3.63, 3.8) is 0 Å². The molecule has 4 aromatic rings. The first-order chi connectivity index (χ1) is 19.1. The fourth-order valence-electron chi connectivity index (χ4n) is 4.58. The third-order valence-corrected chi connectivity index (χ3v) is 7.65. The van der Waals surface area contributed by atoms with Crippen molar-refractivity contribution in [1.29, 1.82) is 0 Å². The Morgan fingerprint density at radius 2 is 1.77 bits per heavy atom. The van der Waals surface area contributed by atoms with Gasteiger partial charge in [0.25, 0.3) is 5.91 Å². The van der Waals surface area contributed by atoms with Crippen molar-refractivity contribution in [3.05, 3.63) is 119 Å². The number of carbonyl (C=O) groups is 1. The van der Waals surface area contributed by atoms with Gasteiger partial charge in [-0.1, -0.05) is 73.3 Å². The Bertz CT molecular complexity index is 1530. The van der Waals surface area contributed by atoms with Crippen LogP contribution in [-0.4, -0.2) is 18.5 Å². The van der Waals surface area contributed by atoms with Gasteiger partial charge in [-0.3, -0.25) is 4.79 Å². The van der Waals surface area contributed by atoms with Crippen LogP contribution in [0.2, 0.25) is 0 Å². The quantitative estimate of drug-likeness (QED) is 0.164. The summed E-state index contributed by atoms with van der Waals surface area (Å²) in [6, 6.07) is 26.8. The minimum Gasteiger partial charge on any atom is -0.493 e. The van der Waals surface area contributed by atoms with E-state index in [1.165, 1.54) is 28.1 Å². The molecule has 0 spiro atoms. The van der Waals surface area contributed by atoms with Crippen LogP contribution in [0.25, 0.3) is 16.8 Å². The molecule has 0 radical (unpaired) electrons. The van der Waals surface area contributed by atoms with Gasteiger partial charge < -0.3 is 20.1 Å². The van der Waals surface area contributed by atoms with E-state index in [1.807, 2.05) is 48.6 Å². The molecule has 0 aliphatic carbocycles. The van der Waals surface area contributed by atoms with Crippen LogP contribution < -0.4 is 20.1 Å². The zero-order valence-electron chi connectivity index (χ0n) is 22.2. The Hall–Kier alpha value is -4.16. The molecule has 0 unspecified atom stereocenters. The maximum absolute atomic E-state index is 12.8. The van der Waals surface area contributed by atoms with Crippen LogP contribution in [-0.2, 0) is 24.2 Å². The number of benzene rings is 4. The number of thioether (sulfide) groups is 1. The molecular formula is C33H32N2O3S. The summed E-state index contributed by atoms with van der Waals surface area (Å²) in [6.45, 7) is 6.47. The molecule has 1 atom stereocenters. The Morgan fingerprint density at radius 1 is 1.00 bits per heavy atom. The lowest BCUT2D eigenvalue weighted by molar-refractivity contribution is -0.116. The fourth-order valence-corrected chi connectivity index (χ4v) is 5.56. The van der Waals surface area contributed by atoms with Crippen LogP contribution >= 0.6 is 11.8 Å². The Labute approximate surface area is 233 Å². The van der Waals surface area contributed by atoms with Crippen molar-refractivity contribution in [2.75, 3.05) is 12.4 Å². The van der Waals surface area contributed by atoms with Crippen molar-refractivity contribution in [1.82, 2.24) is 5.32 Å². The lowest BCUT2D eigenvalue weighted by Crippen LogP contribution is -2.30. The van der Waals surface area contributed by atoms with Crippen molar-refractivity contribution in [3.8, 4) is 11.5 Å². The highest BCUT2D eigenvalue weighted by Gasteiger charge is 2.27. The molecule has 1 aliphatic heterocycles. The molecule has 1 heterocycles. The Balaban J connectivity index is 1.34. The first-order valence-electron chi connectivity index (χ1n) is 13.0. The van der Waals surface area contributed by atoms with Crippen LogP contribution in [0.4, 0.5) is 5.69 Å². The summed E-state index contributed by atoms with van der Waals surface area (Å²) >= 11 is 1.46. The summed E-state index contributed by atoms with van der Waals surface area (Å²) in [5.74, 6) is 1.20. The maximum atomic E-state index is 12.8. The van der Waals surface area contributed by atoms with Crippen molar-refractivity contribution in [2.24, 2.45) is 0 Å². The average Bonchev–Trinajstić information content (AvgIpc) is 3.30. The van der Waals surface area contributed by atoms with E-state index in [-0.39, 0.29) is 11.4 Å². The fraction of sp³-hybridized carbons (Fsp3) is 0.182. The summed E-state index contributed by atoms with van der Waals surface area (Å²) in [5, 5.41) is 8.76. The van der Waals surface area contributed by atoms with Gasteiger partial charge in [-0.25, -0.2) is 0 Å². The lowest BCUT2D eigenvalue weighted by atomic mass is 10.0. The number of rotatable bonds is 10. The van der Waals surface area contributed by atoms with E-state index in [2.05, 4.69) is 66.6 Å². The number of aryl methyl sites for hydroxylation is 1. The molecule has 5 nitrogen and oxygen atoms in total. The SMILES string of the molecule is C=CCc1cc(/C=C2\S[C@H](Nc3ccc(CC)cc3)NC2=O)cc(OC)c1OCc1ccc2ccccc2c1. The number of hydrogen-bond acceptors (Lipinski definition) is 5. The molecule has 5 rings (SSSR count). The number of nitrogens with one attached hydrogen (secondary N) is 2. The van der Waals surface area contributed by atoms with Gasteiger partial charge in [-0.15, -0.1) is 6.58 Å². The number of hydrogen-bond donors (Lipinski definition) is 2. The Kier molecular flexibility index (Phi) is 8.23. The van der Waals surface area contributed by atoms with Gasteiger partial charge in [0.1, 0.15) is 6.61 Å². The van der Waals surface area contributed by atoms with Gasteiger partial charge >= 0.3 is 0 Å². The highest BCUT2D eigenvalue weighted by Crippen LogP contribution is 2.37. The van der Waals surface area contributed by atoms with Gasteiger partial charge in [0.05, 0.1) is 12.0 Å². The molecule has 198 valence electrons. The monoisotopic (exact) mass is 536 g/mol. The summed E-state index contributed by atoms with van der Waals surface area (Å²) in [7, 11) is 1.63. The van der Waals surface area contributed by atoms with E-state index in [4.69, 9.17) is 9.47 Å². The molecule has 1 amide bonds. The van der Waals surface area contributed by atoms with Crippen molar-refractivity contribution >= 4 is 40.2 Å². The van der Waals surface area contributed by atoms with Gasteiger partial charge in [-0.05, 0) is 76.7 Å². The van der Waals surface area contributed by atoms with Crippen molar-refractivity contribution < 1.29 is 14.3 Å². The highest BCUT2D eigenvalue weighted by atomic mass is 32.2. The zero-order valence-corrected chi connectivity index (χ0v) is 23.0. The van der Waals surface area contributed by atoms with Crippen LogP contribution in [0.1, 0.15) is 29.2 Å². The molecule has 39 heavy (non-hydrogen) atoms. The first kappa shape index (κ1) is 26.4. The summed E-state index contributed by atoms with van der Waals surface area (Å²) in [4.78, 5) is 13.4. The first-order valence-corrected chi connectivity index (χ1v) is 13.9. The van der Waals surface area contributed by atoms with Gasteiger partial charge in [0.15, 0.2) is 17.0 Å². The number of carbonyl (C=O) groups excluding carboxylic acids is 1. The minimum atomic E-state index is -0.240. The van der Waals surface area contributed by atoms with E-state index < -0.39 is 0 Å². The molecule has 1 aliphatic rings. The predicted molar refractivity (Wildman–Crippen MR) is 162 cm³/mol. The smallest absolute Gasteiger partial charge is 0.260 e. The summed E-state index contributed by atoms with van der Waals surface area (Å²) in [6.07, 6.45) is 5.34. The van der Waals surface area contributed by atoms with E-state index in [9.17, 15) is 4.79 Å². The zero-order chi connectivity index (χ0) is 27.2. The molecule has 0 bridgehead atoms. The van der Waals surface area contributed by atoms with E-state index >= 15 is 0 Å². The largest absolute Gasteiger partial charge is 0.493 e. The van der Waals surface area contributed by atoms with E-state index in [1.54, 1.807) is 7.11 Å². The molecule has 1 saturated heterocycles. The summed E-state index contributed by atoms with van der Waals surface area (Å²) in [5.41, 5.74) is 4.90. The second-order valence-electron chi connectivity index (χ2n) is 9.35. The molecule has 0 saturated carbocycles. The predicted octanol–water partition coefficient (Wildman–Crippen LogP) is 7.32.